The molecule has 1 heterocycles. The van der Waals surface area contributed by atoms with Crippen LogP contribution in [0.25, 0.3) is 5.69 Å². The summed E-state index contributed by atoms with van der Waals surface area (Å²) in [5.74, 6) is 0.160. The van der Waals surface area contributed by atoms with E-state index in [4.69, 9.17) is 16.7 Å². The van der Waals surface area contributed by atoms with E-state index in [1.54, 1.807) is 10.7 Å². The molecule has 2 N–H and O–H groups in total. The zero-order valence-corrected chi connectivity index (χ0v) is 21.3. The summed E-state index contributed by atoms with van der Waals surface area (Å²) in [5.41, 5.74) is 2.95. The summed E-state index contributed by atoms with van der Waals surface area (Å²) in [6.45, 7) is 11.7. The van der Waals surface area contributed by atoms with E-state index in [0.717, 1.165) is 11.3 Å². The number of halogens is 1. The van der Waals surface area contributed by atoms with Gasteiger partial charge < -0.3 is 15.5 Å². The standard InChI is InChI=1S/C26H32ClN5O2/c1-17(2)31(25(34)28-19-11-9-10-18(3)14-19)16-24(33)29-23-15-22(26(4,5)6)30-32(23)21-13-8-7-12-20(21)27/h7-15,17H,16H2,1-6H3,(H,28,34)(H,29,33). The molecule has 0 bridgehead atoms. The third-order valence-electron chi connectivity index (χ3n) is 5.29. The van der Waals surface area contributed by atoms with E-state index in [2.05, 4.69) is 10.6 Å². The van der Waals surface area contributed by atoms with Gasteiger partial charge in [0.05, 0.1) is 16.4 Å². The Kier molecular flexibility index (Phi) is 7.67. The highest BCUT2D eigenvalue weighted by atomic mass is 35.5. The van der Waals surface area contributed by atoms with Crippen molar-refractivity contribution in [2.75, 3.05) is 17.2 Å². The third kappa shape index (κ3) is 6.17. The van der Waals surface area contributed by atoms with Gasteiger partial charge >= 0.3 is 6.03 Å². The summed E-state index contributed by atoms with van der Waals surface area (Å²) in [6.07, 6.45) is 0. The SMILES string of the molecule is Cc1cccc(NC(=O)N(CC(=O)Nc2cc(C(C)(C)C)nn2-c2ccccc2Cl)C(C)C)c1. The molecule has 1 aromatic heterocycles. The van der Waals surface area contributed by atoms with Crippen LogP contribution in [0.2, 0.25) is 5.02 Å². The van der Waals surface area contributed by atoms with E-state index in [1.807, 2.05) is 90.1 Å². The number of anilines is 2. The maximum absolute atomic E-state index is 13.1. The van der Waals surface area contributed by atoms with E-state index in [9.17, 15) is 9.59 Å². The second kappa shape index (κ2) is 10.3. The number of aryl methyl sites for hydroxylation is 1. The molecule has 0 aliphatic heterocycles. The second-order valence-electron chi connectivity index (χ2n) is 9.60. The van der Waals surface area contributed by atoms with E-state index in [1.165, 1.54) is 4.90 Å². The van der Waals surface area contributed by atoms with Gasteiger partial charge in [-0.2, -0.15) is 5.10 Å². The molecular formula is C26H32ClN5O2. The quantitative estimate of drug-likeness (QED) is 0.452. The van der Waals surface area contributed by atoms with Gasteiger partial charge in [0.25, 0.3) is 0 Å². The normalized spacial score (nSPS) is 11.4. The molecule has 0 fully saturated rings. The molecule has 8 heteroatoms. The number of nitrogens with zero attached hydrogens (tertiary/aromatic N) is 3. The number of para-hydroxylation sites is 1. The van der Waals surface area contributed by atoms with E-state index in [0.29, 0.717) is 22.2 Å². The average Bonchev–Trinajstić information content (AvgIpc) is 3.16. The van der Waals surface area contributed by atoms with Gasteiger partial charge in [-0.1, -0.05) is 56.6 Å². The van der Waals surface area contributed by atoms with Crippen molar-refractivity contribution in [3.8, 4) is 5.69 Å². The molecule has 0 atom stereocenters. The Hall–Kier alpha value is -3.32. The maximum atomic E-state index is 13.1. The van der Waals surface area contributed by atoms with Crippen molar-refractivity contribution in [2.24, 2.45) is 0 Å². The van der Waals surface area contributed by atoms with E-state index >= 15 is 0 Å². The monoisotopic (exact) mass is 481 g/mol. The van der Waals surface area contributed by atoms with Crippen molar-refractivity contribution in [3.63, 3.8) is 0 Å². The lowest BCUT2D eigenvalue weighted by atomic mass is 9.92. The first-order valence-electron chi connectivity index (χ1n) is 11.3. The third-order valence-corrected chi connectivity index (χ3v) is 5.61. The van der Waals surface area contributed by atoms with Crippen LogP contribution in [0.4, 0.5) is 16.3 Å². The van der Waals surface area contributed by atoms with Gasteiger partial charge in [-0.15, -0.1) is 0 Å². The van der Waals surface area contributed by atoms with Crippen molar-refractivity contribution in [1.29, 1.82) is 0 Å². The minimum Gasteiger partial charge on any atom is -0.313 e. The van der Waals surface area contributed by atoms with Gasteiger partial charge in [0.15, 0.2) is 0 Å². The lowest BCUT2D eigenvalue weighted by Gasteiger charge is -2.26. The smallest absolute Gasteiger partial charge is 0.313 e. The van der Waals surface area contributed by atoms with Crippen molar-refractivity contribution in [3.05, 3.63) is 70.9 Å². The lowest BCUT2D eigenvalue weighted by molar-refractivity contribution is -0.117. The molecule has 2 aromatic carbocycles. The number of hydrogen-bond donors (Lipinski definition) is 2. The molecule has 0 unspecified atom stereocenters. The largest absolute Gasteiger partial charge is 0.322 e. The second-order valence-corrected chi connectivity index (χ2v) is 10.0. The molecule has 7 nitrogen and oxygen atoms in total. The molecule has 3 amide bonds. The highest BCUT2D eigenvalue weighted by molar-refractivity contribution is 6.32. The zero-order chi connectivity index (χ0) is 25.0. The summed E-state index contributed by atoms with van der Waals surface area (Å²) in [7, 11) is 0. The van der Waals surface area contributed by atoms with Gasteiger partial charge in [-0.25, -0.2) is 9.48 Å². The van der Waals surface area contributed by atoms with Crippen molar-refractivity contribution in [1.82, 2.24) is 14.7 Å². The molecular weight excluding hydrogens is 450 g/mol. The number of carbonyl (C=O) groups is 2. The molecule has 0 aliphatic carbocycles. The van der Waals surface area contributed by atoms with Crippen LogP contribution in [-0.2, 0) is 10.2 Å². The van der Waals surface area contributed by atoms with Crippen LogP contribution in [0.15, 0.2) is 54.6 Å². The Bertz CT molecular complexity index is 1180. The number of benzene rings is 2. The predicted molar refractivity (Wildman–Crippen MR) is 138 cm³/mol. The van der Waals surface area contributed by atoms with Crippen molar-refractivity contribution >= 4 is 35.0 Å². The molecule has 0 aliphatic rings. The highest BCUT2D eigenvalue weighted by Gasteiger charge is 2.24. The first-order valence-corrected chi connectivity index (χ1v) is 11.6. The van der Waals surface area contributed by atoms with Crippen LogP contribution < -0.4 is 10.6 Å². The summed E-state index contributed by atoms with van der Waals surface area (Å²) in [4.78, 5) is 27.5. The fraction of sp³-hybridized carbons (Fsp3) is 0.346. The van der Waals surface area contributed by atoms with Crippen LogP contribution in [-0.4, -0.2) is 39.2 Å². The molecule has 0 saturated carbocycles. The molecule has 0 saturated heterocycles. The number of rotatable bonds is 6. The summed E-state index contributed by atoms with van der Waals surface area (Å²) in [5, 5.41) is 11.0. The van der Waals surface area contributed by atoms with Crippen molar-refractivity contribution in [2.45, 2.75) is 53.0 Å². The van der Waals surface area contributed by atoms with E-state index in [-0.39, 0.29) is 29.9 Å². The Morgan fingerprint density at radius 3 is 2.38 bits per heavy atom. The van der Waals surface area contributed by atoms with E-state index < -0.39 is 0 Å². The lowest BCUT2D eigenvalue weighted by Crippen LogP contribution is -2.44. The topological polar surface area (TPSA) is 79.3 Å². The number of carbonyl (C=O) groups excluding carboxylic acids is 2. The Morgan fingerprint density at radius 2 is 1.76 bits per heavy atom. The predicted octanol–water partition coefficient (Wildman–Crippen LogP) is 6.01. The fourth-order valence-corrected chi connectivity index (χ4v) is 3.60. The number of urea groups is 1. The van der Waals surface area contributed by atoms with Crippen LogP contribution in [0.5, 0.6) is 0 Å². The molecule has 180 valence electrons. The van der Waals surface area contributed by atoms with Crippen LogP contribution >= 0.6 is 11.6 Å². The van der Waals surface area contributed by atoms with Crippen LogP contribution in [0.1, 0.15) is 45.9 Å². The Morgan fingerprint density at radius 1 is 1.06 bits per heavy atom. The Balaban J connectivity index is 1.82. The summed E-state index contributed by atoms with van der Waals surface area (Å²) < 4.78 is 1.63. The Labute approximate surface area is 206 Å². The first kappa shape index (κ1) is 25.3. The van der Waals surface area contributed by atoms with Gasteiger partial charge in [-0.05, 0) is 50.6 Å². The summed E-state index contributed by atoms with van der Waals surface area (Å²) >= 11 is 6.41. The molecule has 34 heavy (non-hydrogen) atoms. The highest BCUT2D eigenvalue weighted by Crippen LogP contribution is 2.29. The van der Waals surface area contributed by atoms with Gasteiger partial charge in [-0.3, -0.25) is 4.79 Å². The zero-order valence-electron chi connectivity index (χ0n) is 20.5. The number of aromatic nitrogens is 2. The molecule has 0 spiro atoms. The van der Waals surface area contributed by atoms with Crippen LogP contribution in [0.3, 0.4) is 0 Å². The van der Waals surface area contributed by atoms with Gasteiger partial charge in [0, 0.05) is 23.2 Å². The number of hydrogen-bond acceptors (Lipinski definition) is 3. The van der Waals surface area contributed by atoms with Gasteiger partial charge in [0.1, 0.15) is 12.4 Å². The minimum absolute atomic E-state index is 0.117. The molecule has 3 aromatic rings. The number of nitrogens with one attached hydrogen (secondary N) is 2. The number of amides is 3. The van der Waals surface area contributed by atoms with Gasteiger partial charge in [0.2, 0.25) is 5.91 Å². The minimum atomic E-state index is -0.342. The van der Waals surface area contributed by atoms with Crippen LogP contribution in [0, 0.1) is 6.92 Å². The fourth-order valence-electron chi connectivity index (χ4n) is 3.39. The molecule has 0 radical (unpaired) electrons. The first-order chi connectivity index (χ1) is 16.0. The maximum Gasteiger partial charge on any atom is 0.322 e. The average molecular weight is 482 g/mol. The molecule has 3 rings (SSSR count). The van der Waals surface area contributed by atoms with Crippen molar-refractivity contribution < 1.29 is 9.59 Å². The summed E-state index contributed by atoms with van der Waals surface area (Å²) in [6, 6.07) is 16.2.